The van der Waals surface area contributed by atoms with Gasteiger partial charge in [-0.3, -0.25) is 0 Å². The molecule has 0 N–H and O–H groups in total. The maximum Gasteiger partial charge on any atom is 0.116 e. The highest BCUT2D eigenvalue weighted by Crippen LogP contribution is 1.79. The predicted octanol–water partition coefficient (Wildman–Crippen LogP) is 1.62. The second kappa shape index (κ2) is 6.47. The fraction of sp³-hybridized carbons (Fsp3) is 0.667. The van der Waals surface area contributed by atoms with Gasteiger partial charge in [-0.1, -0.05) is 12.1 Å². The SMILES string of the molecule is [CH2]C/C=N/OCCC. The summed E-state index contributed by atoms with van der Waals surface area (Å²) >= 11 is 0. The minimum atomic E-state index is 0.698. The van der Waals surface area contributed by atoms with Crippen LogP contribution in [0.1, 0.15) is 19.8 Å². The average Bonchev–Trinajstić information content (AvgIpc) is 1.81. The molecule has 2 heteroatoms. The summed E-state index contributed by atoms with van der Waals surface area (Å²) < 4.78 is 0. The Morgan fingerprint density at radius 3 is 3.00 bits per heavy atom. The first-order valence-corrected chi connectivity index (χ1v) is 2.84. The first-order valence-electron chi connectivity index (χ1n) is 2.84. The molecule has 0 aromatic heterocycles. The molecule has 0 bridgehead atoms. The molecule has 8 heavy (non-hydrogen) atoms. The Balaban J connectivity index is 2.80. The lowest BCUT2D eigenvalue weighted by Crippen LogP contribution is -1.83. The van der Waals surface area contributed by atoms with Crippen molar-refractivity contribution in [3.8, 4) is 0 Å². The fourth-order valence-electron chi connectivity index (χ4n) is 0.249. The van der Waals surface area contributed by atoms with Crippen molar-refractivity contribution in [1.29, 1.82) is 0 Å². The number of rotatable bonds is 4. The monoisotopic (exact) mass is 114 g/mol. The van der Waals surface area contributed by atoms with Gasteiger partial charge in [0.2, 0.25) is 0 Å². The third kappa shape index (κ3) is 5.47. The van der Waals surface area contributed by atoms with Crippen LogP contribution in [0.25, 0.3) is 0 Å². The highest BCUT2D eigenvalue weighted by molar-refractivity contribution is 5.56. The van der Waals surface area contributed by atoms with Gasteiger partial charge in [0.1, 0.15) is 6.61 Å². The van der Waals surface area contributed by atoms with Crippen molar-refractivity contribution in [2.24, 2.45) is 5.16 Å². The van der Waals surface area contributed by atoms with E-state index < -0.39 is 0 Å². The molecule has 0 aliphatic rings. The Kier molecular flexibility index (Phi) is 6.04. The Labute approximate surface area is 50.5 Å². The quantitative estimate of drug-likeness (QED) is 0.309. The summed E-state index contributed by atoms with van der Waals surface area (Å²) in [6.45, 7) is 6.30. The van der Waals surface area contributed by atoms with Gasteiger partial charge in [0.25, 0.3) is 0 Å². The zero-order chi connectivity index (χ0) is 6.24. The van der Waals surface area contributed by atoms with Gasteiger partial charge >= 0.3 is 0 Å². The molecule has 0 atom stereocenters. The van der Waals surface area contributed by atoms with E-state index >= 15 is 0 Å². The zero-order valence-electron chi connectivity index (χ0n) is 5.26. The summed E-state index contributed by atoms with van der Waals surface area (Å²) in [6, 6.07) is 0. The smallest absolute Gasteiger partial charge is 0.116 e. The third-order valence-corrected chi connectivity index (χ3v) is 0.574. The summed E-state index contributed by atoms with van der Waals surface area (Å²) in [6.07, 6.45) is 3.36. The maximum absolute atomic E-state index is 4.75. The summed E-state index contributed by atoms with van der Waals surface area (Å²) in [5, 5.41) is 3.59. The topological polar surface area (TPSA) is 21.6 Å². The fourth-order valence-corrected chi connectivity index (χ4v) is 0.249. The predicted molar refractivity (Wildman–Crippen MR) is 34.7 cm³/mol. The first kappa shape index (κ1) is 7.47. The highest BCUT2D eigenvalue weighted by atomic mass is 16.6. The Morgan fingerprint density at radius 2 is 2.50 bits per heavy atom. The van der Waals surface area contributed by atoms with Crippen molar-refractivity contribution in [2.75, 3.05) is 6.61 Å². The van der Waals surface area contributed by atoms with Crippen molar-refractivity contribution >= 4 is 6.21 Å². The second-order valence-electron chi connectivity index (χ2n) is 1.41. The minimum absolute atomic E-state index is 0.698. The molecule has 0 amide bonds. The molecule has 0 aliphatic heterocycles. The molecule has 0 saturated heterocycles. The number of oxime groups is 1. The van der Waals surface area contributed by atoms with Crippen LogP contribution < -0.4 is 0 Å². The summed E-state index contributed by atoms with van der Waals surface area (Å²) in [4.78, 5) is 4.75. The van der Waals surface area contributed by atoms with Crippen molar-refractivity contribution < 1.29 is 4.84 Å². The van der Waals surface area contributed by atoms with E-state index in [-0.39, 0.29) is 0 Å². The van der Waals surface area contributed by atoms with Gasteiger partial charge in [-0.2, -0.15) is 0 Å². The van der Waals surface area contributed by atoms with E-state index in [1.165, 1.54) is 0 Å². The van der Waals surface area contributed by atoms with Gasteiger partial charge in [0.15, 0.2) is 0 Å². The molecule has 0 aliphatic carbocycles. The molecule has 1 radical (unpaired) electrons. The highest BCUT2D eigenvalue weighted by Gasteiger charge is 1.73. The van der Waals surface area contributed by atoms with Crippen LogP contribution in [0.2, 0.25) is 0 Å². The molecule has 0 spiro atoms. The molecule has 47 valence electrons. The lowest BCUT2D eigenvalue weighted by molar-refractivity contribution is 0.146. The largest absolute Gasteiger partial charge is 0.396 e. The van der Waals surface area contributed by atoms with Crippen molar-refractivity contribution in [2.45, 2.75) is 19.8 Å². The first-order chi connectivity index (χ1) is 3.91. The molecular weight excluding hydrogens is 102 g/mol. The molecule has 0 heterocycles. The van der Waals surface area contributed by atoms with E-state index in [0.29, 0.717) is 13.0 Å². The Hall–Kier alpha value is -0.530. The third-order valence-electron chi connectivity index (χ3n) is 0.574. The van der Waals surface area contributed by atoms with Gasteiger partial charge in [0, 0.05) is 6.21 Å². The Bertz CT molecular complexity index is 61.5. The molecule has 2 nitrogen and oxygen atoms in total. The van der Waals surface area contributed by atoms with E-state index in [1.54, 1.807) is 6.21 Å². The summed E-state index contributed by atoms with van der Waals surface area (Å²) in [5.74, 6) is 0. The van der Waals surface area contributed by atoms with Crippen LogP contribution >= 0.6 is 0 Å². The maximum atomic E-state index is 4.75. The van der Waals surface area contributed by atoms with Crippen molar-refractivity contribution in [1.82, 2.24) is 0 Å². The van der Waals surface area contributed by atoms with Gasteiger partial charge in [0.05, 0.1) is 0 Å². The lowest BCUT2D eigenvalue weighted by Gasteiger charge is -1.90. The van der Waals surface area contributed by atoms with Crippen LogP contribution in [0.4, 0.5) is 0 Å². The molecule has 0 saturated carbocycles. The van der Waals surface area contributed by atoms with Crippen LogP contribution in [-0.4, -0.2) is 12.8 Å². The molecule has 0 fully saturated rings. The van der Waals surface area contributed by atoms with E-state index in [4.69, 9.17) is 4.84 Å². The van der Waals surface area contributed by atoms with Crippen LogP contribution in [0, 0.1) is 6.92 Å². The average molecular weight is 114 g/mol. The van der Waals surface area contributed by atoms with Crippen LogP contribution in [0.5, 0.6) is 0 Å². The molecule has 0 aromatic rings. The molecule has 0 aromatic carbocycles. The standard InChI is InChI=1S/C6H12NO/c1-3-5-7-8-6-4-2/h5H,1,3-4,6H2,2H3/b7-5+. The van der Waals surface area contributed by atoms with Crippen molar-refractivity contribution in [3.05, 3.63) is 6.92 Å². The lowest BCUT2D eigenvalue weighted by atomic mass is 10.5. The van der Waals surface area contributed by atoms with Crippen molar-refractivity contribution in [3.63, 3.8) is 0 Å². The van der Waals surface area contributed by atoms with E-state index in [2.05, 4.69) is 12.1 Å². The minimum Gasteiger partial charge on any atom is -0.396 e. The van der Waals surface area contributed by atoms with E-state index in [1.807, 2.05) is 6.92 Å². The van der Waals surface area contributed by atoms with Gasteiger partial charge < -0.3 is 4.84 Å². The number of hydrogen-bond donors (Lipinski definition) is 0. The normalized spacial score (nSPS) is 10.2. The molecular formula is C6H12NO. The van der Waals surface area contributed by atoms with Crippen LogP contribution in [-0.2, 0) is 4.84 Å². The second-order valence-corrected chi connectivity index (χ2v) is 1.41. The van der Waals surface area contributed by atoms with Crippen LogP contribution in [0.3, 0.4) is 0 Å². The number of nitrogens with zero attached hydrogens (tertiary/aromatic N) is 1. The molecule has 0 unspecified atom stereocenters. The van der Waals surface area contributed by atoms with Gasteiger partial charge in [-0.25, -0.2) is 0 Å². The summed E-state index contributed by atoms with van der Waals surface area (Å²) in [7, 11) is 0. The van der Waals surface area contributed by atoms with Gasteiger partial charge in [-0.05, 0) is 19.8 Å². The Morgan fingerprint density at radius 1 is 1.75 bits per heavy atom. The zero-order valence-corrected chi connectivity index (χ0v) is 5.26. The number of hydrogen-bond acceptors (Lipinski definition) is 2. The molecule has 0 rings (SSSR count). The summed E-state index contributed by atoms with van der Waals surface area (Å²) in [5.41, 5.74) is 0. The van der Waals surface area contributed by atoms with Gasteiger partial charge in [-0.15, -0.1) is 0 Å². The van der Waals surface area contributed by atoms with Crippen LogP contribution in [0.15, 0.2) is 5.16 Å². The van der Waals surface area contributed by atoms with E-state index in [0.717, 1.165) is 6.42 Å². The van der Waals surface area contributed by atoms with E-state index in [9.17, 15) is 0 Å².